The van der Waals surface area contributed by atoms with Crippen LogP contribution < -0.4 is 5.32 Å². The van der Waals surface area contributed by atoms with Crippen LogP contribution in [0.5, 0.6) is 0 Å². The van der Waals surface area contributed by atoms with E-state index >= 15 is 0 Å². The van der Waals surface area contributed by atoms with E-state index in [0.717, 1.165) is 6.54 Å². The Kier molecular flexibility index (Phi) is 5.73. The third-order valence-electron chi connectivity index (χ3n) is 1.15. The highest BCUT2D eigenvalue weighted by molar-refractivity contribution is 5.41. The van der Waals surface area contributed by atoms with E-state index in [4.69, 9.17) is 5.26 Å². The second kappa shape index (κ2) is 6.63. The molecule has 11 heavy (non-hydrogen) atoms. The Morgan fingerprint density at radius 3 is 2.27 bits per heavy atom. The molecule has 0 amide bonds. The molecule has 1 aromatic carbocycles. The molecule has 0 unspecified atom stereocenters. The number of benzene rings is 1. The monoisotopic (exact) mass is 148 g/mol. The van der Waals surface area contributed by atoms with E-state index in [1.165, 1.54) is 5.69 Å². The minimum absolute atomic E-state index is 0.990. The normalized spacial score (nSPS) is 7.55. The van der Waals surface area contributed by atoms with Gasteiger partial charge in [-0.2, -0.15) is 0 Å². The first-order chi connectivity index (χ1) is 5.43. The van der Waals surface area contributed by atoms with Gasteiger partial charge in [-0.25, -0.2) is 5.26 Å². The van der Waals surface area contributed by atoms with E-state index < -0.39 is 0 Å². The van der Waals surface area contributed by atoms with Crippen LogP contribution in [-0.2, 0) is 0 Å². The molecule has 0 bridgehead atoms. The van der Waals surface area contributed by atoms with Gasteiger partial charge in [0.2, 0.25) is 0 Å². The van der Waals surface area contributed by atoms with Gasteiger partial charge in [-0.3, -0.25) is 0 Å². The standard InChI is InChI=1S/C8H11N.CHN/c1-2-9-8-6-4-3-5-7-8;1-2/h3-7,9H,2H2,1H3;1H. The maximum Gasteiger partial charge on any atom is 0.0462 e. The van der Waals surface area contributed by atoms with Crippen molar-refractivity contribution in [2.24, 2.45) is 0 Å². The molecule has 1 rings (SSSR count). The van der Waals surface area contributed by atoms with E-state index in [2.05, 4.69) is 30.9 Å². The molecule has 2 nitrogen and oxygen atoms in total. The molecule has 0 fully saturated rings. The Morgan fingerprint density at radius 1 is 1.27 bits per heavy atom. The number of hydrogen-bond donors (Lipinski definition) is 1. The van der Waals surface area contributed by atoms with E-state index in [0.29, 0.717) is 0 Å². The van der Waals surface area contributed by atoms with Gasteiger partial charge in [-0.1, -0.05) is 18.2 Å². The second-order valence-electron chi connectivity index (χ2n) is 1.90. The lowest BCUT2D eigenvalue weighted by molar-refractivity contribution is 1.21. The highest BCUT2D eigenvalue weighted by atomic mass is 14.8. The molecule has 1 N–H and O–H groups in total. The van der Waals surface area contributed by atoms with Gasteiger partial charge in [-0.15, -0.1) is 0 Å². The van der Waals surface area contributed by atoms with Gasteiger partial charge in [0.1, 0.15) is 0 Å². The second-order valence-corrected chi connectivity index (χ2v) is 1.90. The van der Waals surface area contributed by atoms with Crippen molar-refractivity contribution in [2.75, 3.05) is 11.9 Å². The molecule has 0 radical (unpaired) electrons. The third kappa shape index (κ3) is 3.99. The van der Waals surface area contributed by atoms with Gasteiger partial charge < -0.3 is 5.32 Å². The van der Waals surface area contributed by atoms with Crippen LogP contribution in [0.2, 0.25) is 0 Å². The van der Waals surface area contributed by atoms with Gasteiger partial charge in [-0.05, 0) is 19.1 Å². The van der Waals surface area contributed by atoms with E-state index in [1.807, 2.05) is 18.2 Å². The van der Waals surface area contributed by atoms with Crippen molar-refractivity contribution < 1.29 is 0 Å². The summed E-state index contributed by atoms with van der Waals surface area (Å²) in [6.07, 6.45) is 0. The molecule has 0 aromatic heterocycles. The first-order valence-electron chi connectivity index (χ1n) is 3.48. The van der Waals surface area contributed by atoms with E-state index in [1.54, 1.807) is 0 Å². The summed E-state index contributed by atoms with van der Waals surface area (Å²) in [4.78, 5) is 0. The zero-order chi connectivity index (χ0) is 8.53. The minimum Gasteiger partial charge on any atom is -0.385 e. The van der Waals surface area contributed by atoms with Crippen LogP contribution in [0, 0.1) is 11.8 Å². The average Bonchev–Trinajstić information content (AvgIpc) is 2.11. The smallest absolute Gasteiger partial charge is 0.0462 e. The van der Waals surface area contributed by atoms with Crippen molar-refractivity contribution in [1.29, 1.82) is 5.26 Å². The molecule has 0 heterocycles. The van der Waals surface area contributed by atoms with Crippen LogP contribution in [0.4, 0.5) is 5.69 Å². The first-order valence-corrected chi connectivity index (χ1v) is 3.48. The summed E-state index contributed by atoms with van der Waals surface area (Å²) in [5.41, 5.74) is 1.19. The summed E-state index contributed by atoms with van der Waals surface area (Å²) in [6.45, 7) is 6.58. The van der Waals surface area contributed by atoms with Gasteiger partial charge in [0.15, 0.2) is 0 Å². The molecule has 1 aromatic rings. The van der Waals surface area contributed by atoms with Gasteiger partial charge in [0, 0.05) is 18.8 Å². The maximum atomic E-state index is 6.50. The van der Waals surface area contributed by atoms with Gasteiger partial charge in [0.25, 0.3) is 0 Å². The number of nitrogens with zero attached hydrogens (tertiary/aromatic N) is 1. The van der Waals surface area contributed by atoms with Crippen molar-refractivity contribution in [3.8, 4) is 6.57 Å². The summed E-state index contributed by atoms with van der Waals surface area (Å²) in [5.74, 6) is 0. The highest BCUT2D eigenvalue weighted by Gasteiger charge is 1.81. The predicted molar refractivity (Wildman–Crippen MR) is 47.3 cm³/mol. The lowest BCUT2D eigenvalue weighted by Crippen LogP contribution is -1.94. The van der Waals surface area contributed by atoms with Crippen molar-refractivity contribution >= 4 is 5.69 Å². The molecule has 0 aliphatic heterocycles. The van der Waals surface area contributed by atoms with Crippen LogP contribution in [-0.4, -0.2) is 6.54 Å². The molecule has 0 aliphatic carbocycles. The average molecular weight is 148 g/mol. The largest absolute Gasteiger partial charge is 0.385 e. The number of anilines is 1. The van der Waals surface area contributed by atoms with Gasteiger partial charge >= 0.3 is 0 Å². The Hall–Kier alpha value is -1.49. The Bertz CT molecular complexity index is 191. The van der Waals surface area contributed by atoms with Gasteiger partial charge in [0.05, 0.1) is 0 Å². The number of hydrogen-bond acceptors (Lipinski definition) is 2. The lowest BCUT2D eigenvalue weighted by atomic mass is 10.3. The highest BCUT2D eigenvalue weighted by Crippen LogP contribution is 2.02. The molecule has 0 atom stereocenters. The Labute approximate surface area is 67.5 Å². The lowest BCUT2D eigenvalue weighted by Gasteiger charge is -1.99. The van der Waals surface area contributed by atoms with Crippen LogP contribution >= 0.6 is 0 Å². The molecule has 0 saturated heterocycles. The van der Waals surface area contributed by atoms with Crippen LogP contribution in [0.1, 0.15) is 6.92 Å². The molecule has 2 heteroatoms. The number of rotatable bonds is 2. The SMILES string of the molecule is C#N.CCNc1ccccc1. The number of nitriles is 1. The molecule has 0 saturated carbocycles. The Morgan fingerprint density at radius 2 is 1.82 bits per heavy atom. The number of nitrogens with one attached hydrogen (secondary N) is 1. The van der Waals surface area contributed by atoms with Crippen molar-refractivity contribution in [1.82, 2.24) is 0 Å². The summed E-state index contributed by atoms with van der Waals surface area (Å²) in [5, 5.41) is 9.71. The minimum atomic E-state index is 0.990. The molecular weight excluding hydrogens is 136 g/mol. The fourth-order valence-electron chi connectivity index (χ4n) is 0.760. The quantitative estimate of drug-likeness (QED) is 0.698. The predicted octanol–water partition coefficient (Wildman–Crippen LogP) is 2.26. The first kappa shape index (κ1) is 9.51. The summed E-state index contributed by atoms with van der Waals surface area (Å²) < 4.78 is 0. The molecule has 0 spiro atoms. The fraction of sp³-hybridized carbons (Fsp3) is 0.222. The van der Waals surface area contributed by atoms with Crippen molar-refractivity contribution in [3.05, 3.63) is 30.3 Å². The third-order valence-corrected chi connectivity index (χ3v) is 1.15. The Balaban J connectivity index is 0.000000461. The maximum absolute atomic E-state index is 6.50. The fourth-order valence-corrected chi connectivity index (χ4v) is 0.760. The zero-order valence-corrected chi connectivity index (χ0v) is 6.62. The zero-order valence-electron chi connectivity index (χ0n) is 6.62. The summed E-state index contributed by atoms with van der Waals surface area (Å²) in [7, 11) is 0. The van der Waals surface area contributed by atoms with Crippen LogP contribution in [0.15, 0.2) is 30.3 Å². The van der Waals surface area contributed by atoms with E-state index in [9.17, 15) is 0 Å². The summed E-state index contributed by atoms with van der Waals surface area (Å²) >= 11 is 0. The topological polar surface area (TPSA) is 35.8 Å². The number of para-hydroxylation sites is 1. The summed E-state index contributed by atoms with van der Waals surface area (Å²) in [6, 6.07) is 10.2. The molecular formula is C9H12N2. The van der Waals surface area contributed by atoms with Crippen molar-refractivity contribution in [2.45, 2.75) is 6.92 Å². The van der Waals surface area contributed by atoms with Crippen LogP contribution in [0.25, 0.3) is 0 Å². The molecule has 58 valence electrons. The van der Waals surface area contributed by atoms with E-state index in [-0.39, 0.29) is 0 Å². The molecule has 0 aliphatic rings. The van der Waals surface area contributed by atoms with Crippen molar-refractivity contribution in [3.63, 3.8) is 0 Å². The van der Waals surface area contributed by atoms with Crippen LogP contribution in [0.3, 0.4) is 0 Å².